The maximum Gasteiger partial charge on any atom is 0.243 e. The molecule has 2 aromatic heterocycles. The highest BCUT2D eigenvalue weighted by Crippen LogP contribution is 2.23. The fourth-order valence-corrected chi connectivity index (χ4v) is 4.26. The topological polar surface area (TPSA) is 54.7 Å². The molecule has 126 valence electrons. The minimum absolute atomic E-state index is 0.315. The average Bonchev–Trinajstić information content (AvgIpc) is 3.01. The van der Waals surface area contributed by atoms with Gasteiger partial charge in [0.25, 0.3) is 0 Å². The van der Waals surface area contributed by atoms with Crippen LogP contribution in [0.1, 0.15) is 19.4 Å². The van der Waals surface area contributed by atoms with E-state index in [-0.39, 0.29) is 0 Å². The summed E-state index contributed by atoms with van der Waals surface area (Å²) >= 11 is 0. The van der Waals surface area contributed by atoms with Gasteiger partial charge in [-0.2, -0.15) is 4.31 Å². The summed E-state index contributed by atoms with van der Waals surface area (Å²) in [5.74, 6) is 0. The summed E-state index contributed by atoms with van der Waals surface area (Å²) in [6, 6.07) is 10.9. The molecule has 2 heterocycles. The molecule has 0 spiro atoms. The second-order valence-corrected chi connectivity index (χ2v) is 7.60. The predicted molar refractivity (Wildman–Crippen MR) is 95.5 cm³/mol. The zero-order chi connectivity index (χ0) is 17.3. The Morgan fingerprint density at radius 2 is 1.75 bits per heavy atom. The molecule has 0 radical (unpaired) electrons. The molecule has 24 heavy (non-hydrogen) atoms. The van der Waals surface area contributed by atoms with E-state index >= 15 is 0 Å². The largest absolute Gasteiger partial charge is 0.306 e. The summed E-state index contributed by atoms with van der Waals surface area (Å²) in [4.78, 5) is 4.96. The Balaban J connectivity index is 1.98. The molecule has 0 aliphatic heterocycles. The average molecular weight is 343 g/mol. The summed E-state index contributed by atoms with van der Waals surface area (Å²) in [7, 11) is -3.42. The van der Waals surface area contributed by atoms with Gasteiger partial charge in [-0.1, -0.05) is 32.0 Å². The molecule has 3 rings (SSSR count). The molecule has 0 N–H and O–H groups in total. The van der Waals surface area contributed by atoms with E-state index < -0.39 is 10.0 Å². The third-order valence-corrected chi connectivity index (χ3v) is 6.24. The van der Waals surface area contributed by atoms with E-state index in [4.69, 9.17) is 0 Å². The van der Waals surface area contributed by atoms with Crippen molar-refractivity contribution in [1.29, 1.82) is 0 Å². The molecule has 0 amide bonds. The lowest BCUT2D eigenvalue weighted by molar-refractivity contribution is 0.445. The molecule has 0 bridgehead atoms. The number of fused-ring (bicyclic) bond motifs is 1. The maximum atomic E-state index is 12.5. The van der Waals surface area contributed by atoms with Crippen molar-refractivity contribution >= 4 is 15.7 Å². The summed E-state index contributed by atoms with van der Waals surface area (Å²) < 4.78 is 28.5. The molecule has 0 unspecified atom stereocenters. The first-order valence-electron chi connectivity index (χ1n) is 8.02. The Hall–Kier alpha value is -2.18. The minimum Gasteiger partial charge on any atom is -0.306 e. The zero-order valence-corrected chi connectivity index (χ0v) is 14.9. The first-order chi connectivity index (χ1) is 11.5. The number of benzene rings is 1. The van der Waals surface area contributed by atoms with Crippen molar-refractivity contribution in [3.8, 4) is 11.3 Å². The van der Waals surface area contributed by atoms with Crippen LogP contribution in [-0.4, -0.2) is 35.2 Å². The van der Waals surface area contributed by atoms with E-state index in [1.807, 2.05) is 61.8 Å². The number of sulfonamides is 1. The Labute approximate surface area is 142 Å². The van der Waals surface area contributed by atoms with Crippen LogP contribution in [0.15, 0.2) is 53.7 Å². The normalized spacial score (nSPS) is 12.2. The first-order valence-corrected chi connectivity index (χ1v) is 9.46. The number of nitrogens with zero attached hydrogens (tertiary/aromatic N) is 3. The Morgan fingerprint density at radius 3 is 2.33 bits per heavy atom. The Kier molecular flexibility index (Phi) is 4.43. The van der Waals surface area contributed by atoms with E-state index in [9.17, 15) is 8.42 Å². The molecule has 1 aromatic carbocycles. The van der Waals surface area contributed by atoms with Crippen LogP contribution in [0.4, 0.5) is 0 Å². The van der Waals surface area contributed by atoms with Crippen molar-refractivity contribution in [2.24, 2.45) is 0 Å². The quantitative estimate of drug-likeness (QED) is 0.714. The monoisotopic (exact) mass is 343 g/mol. The van der Waals surface area contributed by atoms with Gasteiger partial charge < -0.3 is 4.40 Å². The van der Waals surface area contributed by atoms with Crippen LogP contribution < -0.4 is 0 Å². The second kappa shape index (κ2) is 6.37. The fourth-order valence-electron chi connectivity index (χ4n) is 2.80. The highest BCUT2D eigenvalue weighted by Gasteiger charge is 2.21. The number of rotatable bonds is 5. The van der Waals surface area contributed by atoms with Gasteiger partial charge in [0.2, 0.25) is 10.0 Å². The van der Waals surface area contributed by atoms with Crippen molar-refractivity contribution in [1.82, 2.24) is 13.7 Å². The standard InChI is InChI=1S/C18H21N3O2S/c1-4-21(5-2)24(22,23)16-10-8-15(9-11-16)17-13-20-12-6-7-14(3)18(20)19-17/h6-13H,4-5H2,1-3H3. The Morgan fingerprint density at radius 1 is 1.08 bits per heavy atom. The number of aromatic nitrogens is 2. The van der Waals surface area contributed by atoms with Gasteiger partial charge in [-0.3, -0.25) is 0 Å². The van der Waals surface area contributed by atoms with E-state index in [0.717, 1.165) is 22.5 Å². The van der Waals surface area contributed by atoms with Gasteiger partial charge in [-0.05, 0) is 30.7 Å². The van der Waals surface area contributed by atoms with Gasteiger partial charge in [0, 0.05) is 31.0 Å². The molecule has 0 saturated carbocycles. The smallest absolute Gasteiger partial charge is 0.243 e. The number of pyridine rings is 1. The molecule has 0 saturated heterocycles. The van der Waals surface area contributed by atoms with Crippen molar-refractivity contribution in [3.05, 3.63) is 54.4 Å². The summed E-state index contributed by atoms with van der Waals surface area (Å²) in [5, 5.41) is 0. The molecule has 3 aromatic rings. The number of hydrogen-bond acceptors (Lipinski definition) is 3. The van der Waals surface area contributed by atoms with Crippen LogP contribution >= 0.6 is 0 Å². The van der Waals surface area contributed by atoms with Gasteiger partial charge in [0.1, 0.15) is 5.65 Å². The molecule has 6 heteroatoms. The molecule has 5 nitrogen and oxygen atoms in total. The lowest BCUT2D eigenvalue weighted by atomic mass is 10.2. The van der Waals surface area contributed by atoms with Crippen LogP contribution in [0.25, 0.3) is 16.9 Å². The highest BCUT2D eigenvalue weighted by molar-refractivity contribution is 7.89. The van der Waals surface area contributed by atoms with Gasteiger partial charge in [0.05, 0.1) is 10.6 Å². The van der Waals surface area contributed by atoms with E-state index in [1.54, 1.807) is 12.1 Å². The molecular weight excluding hydrogens is 322 g/mol. The predicted octanol–water partition coefficient (Wildman–Crippen LogP) is 3.34. The molecule has 0 fully saturated rings. The summed E-state index contributed by atoms with van der Waals surface area (Å²) in [6.07, 6.45) is 3.91. The summed E-state index contributed by atoms with van der Waals surface area (Å²) in [5.41, 5.74) is 3.74. The first kappa shape index (κ1) is 16.7. The van der Waals surface area contributed by atoms with Crippen LogP contribution in [0, 0.1) is 6.92 Å². The summed E-state index contributed by atoms with van der Waals surface area (Å²) in [6.45, 7) is 6.63. The van der Waals surface area contributed by atoms with Crippen molar-refractivity contribution in [2.45, 2.75) is 25.7 Å². The lowest BCUT2D eigenvalue weighted by Gasteiger charge is -2.18. The van der Waals surface area contributed by atoms with E-state index in [1.165, 1.54) is 4.31 Å². The fraction of sp³-hybridized carbons (Fsp3) is 0.278. The molecule has 0 aliphatic carbocycles. The highest BCUT2D eigenvalue weighted by atomic mass is 32.2. The van der Waals surface area contributed by atoms with Crippen LogP contribution in [0.3, 0.4) is 0 Å². The van der Waals surface area contributed by atoms with Crippen LogP contribution in [0.2, 0.25) is 0 Å². The third-order valence-electron chi connectivity index (χ3n) is 4.17. The van der Waals surface area contributed by atoms with Crippen molar-refractivity contribution in [2.75, 3.05) is 13.1 Å². The molecular formula is C18H21N3O2S. The van der Waals surface area contributed by atoms with Crippen LogP contribution in [0.5, 0.6) is 0 Å². The molecule has 0 aliphatic rings. The number of aryl methyl sites for hydroxylation is 1. The van der Waals surface area contributed by atoms with E-state index in [0.29, 0.717) is 18.0 Å². The van der Waals surface area contributed by atoms with E-state index in [2.05, 4.69) is 4.98 Å². The zero-order valence-electron chi connectivity index (χ0n) is 14.1. The van der Waals surface area contributed by atoms with Crippen LogP contribution in [-0.2, 0) is 10.0 Å². The third kappa shape index (κ3) is 2.83. The van der Waals surface area contributed by atoms with Gasteiger partial charge in [0.15, 0.2) is 0 Å². The van der Waals surface area contributed by atoms with Crippen molar-refractivity contribution < 1.29 is 8.42 Å². The lowest BCUT2D eigenvalue weighted by Crippen LogP contribution is -2.30. The minimum atomic E-state index is -3.42. The SMILES string of the molecule is CCN(CC)S(=O)(=O)c1ccc(-c2cn3cccc(C)c3n2)cc1. The second-order valence-electron chi connectivity index (χ2n) is 5.66. The Bertz CT molecular complexity index is 956. The van der Waals surface area contributed by atoms with Crippen molar-refractivity contribution in [3.63, 3.8) is 0 Å². The van der Waals surface area contributed by atoms with Gasteiger partial charge in [-0.25, -0.2) is 13.4 Å². The number of hydrogen-bond donors (Lipinski definition) is 0. The van der Waals surface area contributed by atoms with Gasteiger partial charge in [-0.15, -0.1) is 0 Å². The maximum absolute atomic E-state index is 12.5. The number of imidazole rings is 1. The molecule has 0 atom stereocenters. The van der Waals surface area contributed by atoms with Gasteiger partial charge >= 0.3 is 0 Å².